The lowest BCUT2D eigenvalue weighted by Crippen LogP contribution is -2.37. The Bertz CT molecular complexity index is 228. The maximum atomic E-state index is 11.4. The molecule has 2 unspecified atom stereocenters. The number of nitrogens with zero attached hydrogens (tertiary/aromatic N) is 1. The lowest BCUT2D eigenvalue weighted by Gasteiger charge is -2.14. The molecule has 0 aromatic heterocycles. The average molecular weight is 180 g/mol. The van der Waals surface area contributed by atoms with E-state index in [4.69, 9.17) is 5.26 Å². The van der Waals surface area contributed by atoms with E-state index in [9.17, 15) is 4.79 Å². The van der Waals surface area contributed by atoms with E-state index in [0.29, 0.717) is 12.3 Å². The van der Waals surface area contributed by atoms with Crippen LogP contribution in [0.25, 0.3) is 0 Å². The van der Waals surface area contributed by atoms with Gasteiger partial charge in [0.1, 0.15) is 5.92 Å². The van der Waals surface area contributed by atoms with Crippen LogP contribution in [0.5, 0.6) is 0 Å². The van der Waals surface area contributed by atoms with Gasteiger partial charge in [-0.25, -0.2) is 0 Å². The minimum atomic E-state index is -0.471. The van der Waals surface area contributed by atoms with Crippen LogP contribution in [-0.4, -0.2) is 11.9 Å². The highest BCUT2D eigenvalue weighted by atomic mass is 16.1. The highest BCUT2D eigenvalue weighted by molar-refractivity contribution is 5.81. The number of hydrogen-bond acceptors (Lipinski definition) is 2. The summed E-state index contributed by atoms with van der Waals surface area (Å²) in [5, 5.41) is 11.5. The van der Waals surface area contributed by atoms with Gasteiger partial charge in [0.15, 0.2) is 0 Å². The van der Waals surface area contributed by atoms with Gasteiger partial charge in [-0.15, -0.1) is 0 Å². The molecule has 72 valence electrons. The highest BCUT2D eigenvalue weighted by Crippen LogP contribution is 2.32. The van der Waals surface area contributed by atoms with E-state index in [1.807, 2.05) is 19.9 Å². The molecule has 3 heteroatoms. The lowest BCUT2D eigenvalue weighted by atomic mass is 10.1. The van der Waals surface area contributed by atoms with E-state index in [2.05, 4.69) is 5.32 Å². The van der Waals surface area contributed by atoms with E-state index in [0.717, 1.165) is 0 Å². The zero-order chi connectivity index (χ0) is 9.84. The predicted molar refractivity (Wildman–Crippen MR) is 49.7 cm³/mol. The Morgan fingerprint density at radius 2 is 2.31 bits per heavy atom. The Hall–Kier alpha value is -1.04. The molecule has 1 amide bonds. The maximum absolute atomic E-state index is 11.4. The van der Waals surface area contributed by atoms with Gasteiger partial charge in [0.2, 0.25) is 5.91 Å². The molecule has 0 aromatic rings. The van der Waals surface area contributed by atoms with Gasteiger partial charge in [0.25, 0.3) is 0 Å². The molecular weight excluding hydrogens is 164 g/mol. The largest absolute Gasteiger partial charge is 0.352 e. The Morgan fingerprint density at radius 1 is 1.69 bits per heavy atom. The highest BCUT2D eigenvalue weighted by Gasteiger charge is 2.30. The number of nitriles is 1. The standard InChI is InChI=1S/C10H16N2O/c1-3-8(6-11)10(13)12-7(2)9-4-5-9/h7-9H,3-5H2,1-2H3,(H,12,13). The predicted octanol–water partition coefficient (Wildman–Crippen LogP) is 1.45. The van der Waals surface area contributed by atoms with Gasteiger partial charge in [0.05, 0.1) is 6.07 Å². The molecule has 1 saturated carbocycles. The van der Waals surface area contributed by atoms with Gasteiger partial charge >= 0.3 is 0 Å². The van der Waals surface area contributed by atoms with E-state index in [1.54, 1.807) is 0 Å². The Balaban J connectivity index is 2.34. The molecule has 13 heavy (non-hydrogen) atoms. The van der Waals surface area contributed by atoms with Crippen LogP contribution >= 0.6 is 0 Å². The lowest BCUT2D eigenvalue weighted by molar-refractivity contribution is -0.124. The molecule has 0 aromatic carbocycles. The maximum Gasteiger partial charge on any atom is 0.237 e. The van der Waals surface area contributed by atoms with Crippen molar-refractivity contribution < 1.29 is 4.79 Å². The molecule has 0 bridgehead atoms. The van der Waals surface area contributed by atoms with Crippen LogP contribution in [0.1, 0.15) is 33.1 Å². The number of carbonyl (C=O) groups is 1. The first-order chi connectivity index (χ1) is 6.19. The first kappa shape index (κ1) is 10.0. The number of nitrogens with one attached hydrogen (secondary N) is 1. The van der Waals surface area contributed by atoms with Crippen LogP contribution < -0.4 is 5.32 Å². The molecule has 0 aliphatic heterocycles. The second-order valence-corrected chi connectivity index (χ2v) is 3.72. The van der Waals surface area contributed by atoms with Crippen molar-refractivity contribution in [3.8, 4) is 6.07 Å². The summed E-state index contributed by atoms with van der Waals surface area (Å²) < 4.78 is 0. The molecule has 0 heterocycles. The fourth-order valence-corrected chi connectivity index (χ4v) is 1.37. The Kier molecular flexibility index (Phi) is 3.30. The third-order valence-electron chi connectivity index (χ3n) is 2.58. The fraction of sp³-hybridized carbons (Fsp3) is 0.800. The molecule has 1 rings (SSSR count). The van der Waals surface area contributed by atoms with Crippen molar-refractivity contribution in [1.82, 2.24) is 5.32 Å². The monoisotopic (exact) mass is 180 g/mol. The smallest absolute Gasteiger partial charge is 0.237 e. The molecule has 1 N–H and O–H groups in total. The van der Waals surface area contributed by atoms with Crippen LogP contribution in [0.2, 0.25) is 0 Å². The van der Waals surface area contributed by atoms with Crippen molar-refractivity contribution in [2.45, 2.75) is 39.2 Å². The molecule has 1 aliphatic carbocycles. The Labute approximate surface area is 79.1 Å². The van der Waals surface area contributed by atoms with E-state index < -0.39 is 5.92 Å². The quantitative estimate of drug-likeness (QED) is 0.712. The zero-order valence-corrected chi connectivity index (χ0v) is 8.21. The Morgan fingerprint density at radius 3 is 2.69 bits per heavy atom. The summed E-state index contributed by atoms with van der Waals surface area (Å²) in [5.41, 5.74) is 0. The summed E-state index contributed by atoms with van der Waals surface area (Å²) >= 11 is 0. The summed E-state index contributed by atoms with van der Waals surface area (Å²) in [6.45, 7) is 3.87. The number of hydrogen-bond donors (Lipinski definition) is 1. The molecular formula is C10H16N2O. The van der Waals surface area contributed by atoms with Crippen molar-refractivity contribution in [1.29, 1.82) is 5.26 Å². The molecule has 2 atom stereocenters. The van der Waals surface area contributed by atoms with Crippen molar-refractivity contribution >= 4 is 5.91 Å². The summed E-state index contributed by atoms with van der Waals surface area (Å²) in [5.74, 6) is 0.0748. The van der Waals surface area contributed by atoms with Crippen LogP contribution in [0, 0.1) is 23.2 Å². The number of carbonyl (C=O) groups excluding carboxylic acids is 1. The van der Waals surface area contributed by atoms with Gasteiger partial charge in [0, 0.05) is 6.04 Å². The van der Waals surface area contributed by atoms with Crippen LogP contribution in [0.4, 0.5) is 0 Å². The summed E-state index contributed by atoms with van der Waals surface area (Å²) in [6.07, 6.45) is 3.02. The second kappa shape index (κ2) is 4.27. The molecule has 0 spiro atoms. The molecule has 3 nitrogen and oxygen atoms in total. The number of rotatable bonds is 4. The fourth-order valence-electron chi connectivity index (χ4n) is 1.37. The van der Waals surface area contributed by atoms with E-state index >= 15 is 0 Å². The minimum absolute atomic E-state index is 0.107. The first-order valence-electron chi connectivity index (χ1n) is 4.89. The number of amides is 1. The first-order valence-corrected chi connectivity index (χ1v) is 4.89. The summed E-state index contributed by atoms with van der Waals surface area (Å²) in [4.78, 5) is 11.4. The topological polar surface area (TPSA) is 52.9 Å². The van der Waals surface area contributed by atoms with Crippen molar-refractivity contribution in [3.05, 3.63) is 0 Å². The summed E-state index contributed by atoms with van der Waals surface area (Å²) in [6, 6.07) is 2.25. The minimum Gasteiger partial charge on any atom is -0.352 e. The third-order valence-corrected chi connectivity index (χ3v) is 2.58. The SMILES string of the molecule is CCC(C#N)C(=O)NC(C)C1CC1. The van der Waals surface area contributed by atoms with Crippen LogP contribution in [0.3, 0.4) is 0 Å². The van der Waals surface area contributed by atoms with E-state index in [1.165, 1.54) is 12.8 Å². The second-order valence-electron chi connectivity index (χ2n) is 3.72. The van der Waals surface area contributed by atoms with Gasteiger partial charge < -0.3 is 5.32 Å². The third kappa shape index (κ3) is 2.73. The van der Waals surface area contributed by atoms with Gasteiger partial charge in [-0.3, -0.25) is 4.79 Å². The van der Waals surface area contributed by atoms with Crippen molar-refractivity contribution in [2.24, 2.45) is 11.8 Å². The normalized spacial score (nSPS) is 20.1. The van der Waals surface area contributed by atoms with Gasteiger partial charge in [-0.2, -0.15) is 5.26 Å². The molecule has 1 fully saturated rings. The van der Waals surface area contributed by atoms with Gasteiger partial charge in [-0.05, 0) is 32.1 Å². The molecule has 0 saturated heterocycles. The van der Waals surface area contributed by atoms with Crippen LogP contribution in [0.15, 0.2) is 0 Å². The van der Waals surface area contributed by atoms with E-state index in [-0.39, 0.29) is 11.9 Å². The van der Waals surface area contributed by atoms with Crippen molar-refractivity contribution in [3.63, 3.8) is 0 Å². The van der Waals surface area contributed by atoms with Crippen LogP contribution in [-0.2, 0) is 4.79 Å². The average Bonchev–Trinajstić information content (AvgIpc) is 2.88. The van der Waals surface area contributed by atoms with Gasteiger partial charge in [-0.1, -0.05) is 6.92 Å². The zero-order valence-electron chi connectivity index (χ0n) is 8.21. The molecule has 1 aliphatic rings. The molecule has 0 radical (unpaired) electrons. The summed E-state index contributed by atoms with van der Waals surface area (Å²) in [7, 11) is 0. The van der Waals surface area contributed by atoms with Crippen molar-refractivity contribution in [2.75, 3.05) is 0 Å².